The summed E-state index contributed by atoms with van der Waals surface area (Å²) in [6, 6.07) is 9.50. The van der Waals surface area contributed by atoms with Gasteiger partial charge in [-0.1, -0.05) is 37.6 Å². The summed E-state index contributed by atoms with van der Waals surface area (Å²) < 4.78 is 27.8. The van der Waals surface area contributed by atoms with Gasteiger partial charge < -0.3 is 20.4 Å². The largest absolute Gasteiger partial charge is 0.368 e. The Morgan fingerprint density at radius 3 is 2.21 bits per heavy atom. The van der Waals surface area contributed by atoms with Gasteiger partial charge >= 0.3 is 0 Å². The molecule has 1 saturated heterocycles. The minimum absolute atomic E-state index is 0.247. The third-order valence-electron chi connectivity index (χ3n) is 5.65. The van der Waals surface area contributed by atoms with Gasteiger partial charge in [-0.2, -0.15) is 0 Å². The molecule has 182 valence electrons. The smallest absolute Gasteiger partial charge is 0.257 e. The second-order valence-electron chi connectivity index (χ2n) is 8.36. The highest BCUT2D eigenvalue weighted by Crippen LogP contribution is 2.20. The van der Waals surface area contributed by atoms with Crippen LogP contribution in [0.5, 0.6) is 0 Å². The van der Waals surface area contributed by atoms with Crippen molar-refractivity contribution < 1.29 is 23.2 Å². The number of carbonyl (C=O) groups is 3. The number of hydrogen-bond acceptors (Lipinski definition) is 4. The Balaban J connectivity index is 1.53. The number of nitrogens with one attached hydrogen (secondary N) is 2. The van der Waals surface area contributed by atoms with Crippen LogP contribution in [0.1, 0.15) is 24.2 Å². The lowest BCUT2D eigenvalue weighted by Crippen LogP contribution is -2.54. The number of amides is 3. The number of benzene rings is 2. The zero-order valence-electron chi connectivity index (χ0n) is 19.0. The molecule has 2 aromatic carbocycles. The summed E-state index contributed by atoms with van der Waals surface area (Å²) in [6.07, 6.45) is 0. The number of halogens is 3. The summed E-state index contributed by atoms with van der Waals surface area (Å²) in [6.45, 7) is 5.33. The van der Waals surface area contributed by atoms with E-state index in [0.717, 1.165) is 23.9 Å². The molecule has 1 atom stereocenters. The zero-order valence-corrected chi connectivity index (χ0v) is 19.7. The number of carbonyl (C=O) groups excluding carboxylic acids is 3. The fourth-order valence-electron chi connectivity index (χ4n) is 3.73. The molecule has 0 aromatic heterocycles. The summed E-state index contributed by atoms with van der Waals surface area (Å²) in [5, 5.41) is 5.55. The number of hydrogen-bond donors (Lipinski definition) is 2. The number of anilines is 1. The maximum absolute atomic E-state index is 13.9. The minimum Gasteiger partial charge on any atom is -0.368 e. The molecule has 10 heteroatoms. The van der Waals surface area contributed by atoms with Gasteiger partial charge in [-0.25, -0.2) is 8.78 Å². The van der Waals surface area contributed by atoms with E-state index in [1.165, 1.54) is 0 Å². The van der Waals surface area contributed by atoms with Gasteiger partial charge in [0.1, 0.15) is 23.2 Å². The van der Waals surface area contributed by atoms with E-state index in [4.69, 9.17) is 11.6 Å². The van der Waals surface area contributed by atoms with E-state index < -0.39 is 35.1 Å². The van der Waals surface area contributed by atoms with Crippen molar-refractivity contribution in [2.24, 2.45) is 5.92 Å². The second kappa shape index (κ2) is 11.3. The third kappa shape index (κ3) is 6.22. The molecule has 0 bridgehead atoms. The molecular weight excluding hydrogens is 466 g/mol. The summed E-state index contributed by atoms with van der Waals surface area (Å²) in [4.78, 5) is 41.5. The van der Waals surface area contributed by atoms with Crippen molar-refractivity contribution in [3.05, 3.63) is 64.7 Å². The highest BCUT2D eigenvalue weighted by Gasteiger charge is 2.28. The summed E-state index contributed by atoms with van der Waals surface area (Å²) >= 11 is 6.05. The predicted octanol–water partition coefficient (Wildman–Crippen LogP) is 2.84. The van der Waals surface area contributed by atoms with Gasteiger partial charge in [0.25, 0.3) is 5.91 Å². The van der Waals surface area contributed by atoms with Crippen molar-refractivity contribution in [1.82, 2.24) is 15.5 Å². The number of piperazine rings is 1. The quantitative estimate of drug-likeness (QED) is 0.623. The van der Waals surface area contributed by atoms with Crippen molar-refractivity contribution >= 4 is 35.0 Å². The average Bonchev–Trinajstić information content (AvgIpc) is 2.80. The monoisotopic (exact) mass is 492 g/mol. The van der Waals surface area contributed by atoms with Crippen molar-refractivity contribution in [3.63, 3.8) is 0 Å². The SMILES string of the molecule is CC(C)C(NC(=O)c1c(F)cccc1F)C(=O)NCC(=O)N1CCN(c2cccc(Cl)c2)CC1. The van der Waals surface area contributed by atoms with Gasteiger partial charge in [-0.05, 0) is 36.2 Å². The van der Waals surface area contributed by atoms with Gasteiger partial charge in [0.15, 0.2) is 0 Å². The normalized spacial score (nSPS) is 14.6. The average molecular weight is 493 g/mol. The molecule has 0 saturated carbocycles. The van der Waals surface area contributed by atoms with Crippen LogP contribution in [0.3, 0.4) is 0 Å². The molecule has 0 radical (unpaired) electrons. The van der Waals surface area contributed by atoms with Crippen molar-refractivity contribution in [2.75, 3.05) is 37.6 Å². The number of nitrogens with zero attached hydrogens (tertiary/aromatic N) is 2. The van der Waals surface area contributed by atoms with E-state index in [1.807, 2.05) is 18.2 Å². The Morgan fingerprint density at radius 1 is 1.00 bits per heavy atom. The summed E-state index contributed by atoms with van der Waals surface area (Å²) in [7, 11) is 0. The first-order valence-electron chi connectivity index (χ1n) is 11.0. The Kier molecular flexibility index (Phi) is 8.44. The number of rotatable bonds is 7. The van der Waals surface area contributed by atoms with Crippen LogP contribution < -0.4 is 15.5 Å². The van der Waals surface area contributed by atoms with E-state index in [0.29, 0.717) is 31.2 Å². The molecule has 3 rings (SSSR count). The predicted molar refractivity (Wildman–Crippen MR) is 126 cm³/mol. The maximum atomic E-state index is 13.9. The molecule has 1 unspecified atom stereocenters. The van der Waals surface area contributed by atoms with Crippen LogP contribution in [0.4, 0.5) is 14.5 Å². The van der Waals surface area contributed by atoms with Crippen LogP contribution in [0, 0.1) is 17.6 Å². The summed E-state index contributed by atoms with van der Waals surface area (Å²) in [5.74, 6) is -4.32. The molecule has 3 amide bonds. The lowest BCUT2D eigenvalue weighted by atomic mass is 10.0. The van der Waals surface area contributed by atoms with Crippen LogP contribution >= 0.6 is 11.6 Å². The summed E-state index contributed by atoms with van der Waals surface area (Å²) in [5.41, 5.74) is 0.226. The van der Waals surface area contributed by atoms with Crippen LogP contribution in [-0.2, 0) is 9.59 Å². The lowest BCUT2D eigenvalue weighted by molar-refractivity contribution is -0.133. The van der Waals surface area contributed by atoms with Crippen LogP contribution in [0.25, 0.3) is 0 Å². The van der Waals surface area contributed by atoms with Gasteiger partial charge in [0.05, 0.1) is 6.54 Å². The molecule has 1 aliphatic heterocycles. The van der Waals surface area contributed by atoms with Crippen LogP contribution in [0.15, 0.2) is 42.5 Å². The third-order valence-corrected chi connectivity index (χ3v) is 5.88. The molecule has 2 N–H and O–H groups in total. The first-order chi connectivity index (χ1) is 16.2. The highest BCUT2D eigenvalue weighted by atomic mass is 35.5. The van der Waals surface area contributed by atoms with E-state index in [2.05, 4.69) is 15.5 Å². The lowest BCUT2D eigenvalue weighted by Gasteiger charge is -2.36. The molecule has 0 aliphatic carbocycles. The minimum atomic E-state index is -1.07. The first kappa shape index (κ1) is 25.4. The van der Waals surface area contributed by atoms with Gasteiger partial charge in [-0.3, -0.25) is 14.4 Å². The standard InChI is InChI=1S/C24H27ClF2N4O3/c1-15(2)22(29-23(33)21-18(26)7-4-8-19(21)27)24(34)28-14-20(32)31-11-9-30(10-12-31)17-6-3-5-16(25)13-17/h3-8,13,15,22H,9-12,14H2,1-2H3,(H,28,34)(H,29,33). The molecular formula is C24H27ClF2N4O3. The second-order valence-corrected chi connectivity index (χ2v) is 8.79. The fraction of sp³-hybridized carbons (Fsp3) is 0.375. The Morgan fingerprint density at radius 2 is 1.62 bits per heavy atom. The Bertz CT molecular complexity index is 1040. The van der Waals surface area contributed by atoms with Crippen LogP contribution in [-0.4, -0.2) is 61.4 Å². The zero-order chi connectivity index (χ0) is 24.8. The topological polar surface area (TPSA) is 81.8 Å². The molecule has 1 heterocycles. The van der Waals surface area contributed by atoms with E-state index in [9.17, 15) is 23.2 Å². The van der Waals surface area contributed by atoms with Gasteiger partial charge in [0.2, 0.25) is 11.8 Å². The molecule has 2 aromatic rings. The van der Waals surface area contributed by atoms with E-state index in [1.54, 1.807) is 24.8 Å². The van der Waals surface area contributed by atoms with E-state index >= 15 is 0 Å². The molecule has 0 spiro atoms. The van der Waals surface area contributed by atoms with Gasteiger partial charge in [-0.15, -0.1) is 0 Å². The van der Waals surface area contributed by atoms with Crippen LogP contribution in [0.2, 0.25) is 5.02 Å². The molecule has 1 aliphatic rings. The van der Waals surface area contributed by atoms with E-state index in [-0.39, 0.29) is 18.4 Å². The first-order valence-corrected chi connectivity index (χ1v) is 11.4. The van der Waals surface area contributed by atoms with Crippen molar-refractivity contribution in [1.29, 1.82) is 0 Å². The Labute approximate surface area is 202 Å². The van der Waals surface area contributed by atoms with Crippen molar-refractivity contribution in [3.8, 4) is 0 Å². The molecule has 1 fully saturated rings. The Hall–Kier alpha value is -3.20. The highest BCUT2D eigenvalue weighted by molar-refractivity contribution is 6.30. The molecule has 7 nitrogen and oxygen atoms in total. The van der Waals surface area contributed by atoms with Crippen molar-refractivity contribution in [2.45, 2.75) is 19.9 Å². The maximum Gasteiger partial charge on any atom is 0.257 e. The fourth-order valence-corrected chi connectivity index (χ4v) is 3.92. The van der Waals surface area contributed by atoms with Gasteiger partial charge in [0, 0.05) is 36.9 Å². The molecule has 34 heavy (non-hydrogen) atoms.